The molecule has 0 saturated heterocycles. The van der Waals surface area contributed by atoms with Gasteiger partial charge in [0.1, 0.15) is 5.56 Å². The number of hydrogen-bond acceptors (Lipinski definition) is 5. The highest BCUT2D eigenvalue weighted by Crippen LogP contribution is 2.36. The number of hydrogen-bond donors (Lipinski definition) is 1. The van der Waals surface area contributed by atoms with Crippen LogP contribution in [0.3, 0.4) is 0 Å². The van der Waals surface area contributed by atoms with Gasteiger partial charge < -0.3 is 9.73 Å². The van der Waals surface area contributed by atoms with Gasteiger partial charge in [0.05, 0.1) is 22.2 Å². The van der Waals surface area contributed by atoms with Crippen molar-refractivity contribution in [1.29, 1.82) is 0 Å². The Labute approximate surface area is 127 Å². The molecular weight excluding hydrogens is 294 g/mol. The standard InChI is InChI=1S/C14H16ClN3O3/c1-3-7-16-9(2)14-17-8-12(21-14)13-10(15)5-4-6-11(13)18(19)20/h4-6,8-9,16H,3,7H2,1-2H3. The average Bonchev–Trinajstić information content (AvgIpc) is 2.93. The maximum Gasteiger partial charge on any atom is 0.281 e. The Balaban J connectivity index is 2.36. The Morgan fingerprint density at radius 1 is 1.52 bits per heavy atom. The SMILES string of the molecule is CCCNC(C)c1ncc(-c2c(Cl)cccc2[N+](=O)[O-])o1. The number of benzene rings is 1. The first kappa shape index (κ1) is 15.5. The minimum absolute atomic E-state index is 0.0692. The molecule has 0 aliphatic carbocycles. The fourth-order valence-corrected chi connectivity index (χ4v) is 2.22. The second-order valence-electron chi connectivity index (χ2n) is 4.63. The molecule has 1 aromatic heterocycles. The van der Waals surface area contributed by atoms with E-state index in [9.17, 15) is 10.1 Å². The van der Waals surface area contributed by atoms with Gasteiger partial charge in [-0.3, -0.25) is 10.1 Å². The van der Waals surface area contributed by atoms with Crippen molar-refractivity contribution in [3.05, 3.63) is 45.4 Å². The van der Waals surface area contributed by atoms with Crippen LogP contribution >= 0.6 is 11.6 Å². The van der Waals surface area contributed by atoms with Crippen molar-refractivity contribution in [2.75, 3.05) is 6.54 Å². The van der Waals surface area contributed by atoms with Gasteiger partial charge in [-0.05, 0) is 26.0 Å². The molecule has 21 heavy (non-hydrogen) atoms. The van der Waals surface area contributed by atoms with Crippen LogP contribution in [0.25, 0.3) is 11.3 Å². The zero-order valence-electron chi connectivity index (χ0n) is 11.8. The predicted octanol–water partition coefficient (Wildman–Crippen LogP) is 3.96. The fraction of sp³-hybridized carbons (Fsp3) is 0.357. The quantitative estimate of drug-likeness (QED) is 0.645. The fourth-order valence-electron chi connectivity index (χ4n) is 1.96. The van der Waals surface area contributed by atoms with Crippen LogP contribution < -0.4 is 5.32 Å². The summed E-state index contributed by atoms with van der Waals surface area (Å²) in [6.07, 6.45) is 2.46. The predicted molar refractivity (Wildman–Crippen MR) is 80.3 cm³/mol. The number of nitrogens with zero attached hydrogens (tertiary/aromatic N) is 2. The molecule has 112 valence electrons. The van der Waals surface area contributed by atoms with Gasteiger partial charge in [-0.15, -0.1) is 0 Å². The highest BCUT2D eigenvalue weighted by Gasteiger charge is 2.22. The minimum atomic E-state index is -0.484. The van der Waals surface area contributed by atoms with E-state index >= 15 is 0 Å². The lowest BCUT2D eigenvalue weighted by molar-refractivity contribution is -0.384. The van der Waals surface area contributed by atoms with E-state index in [1.807, 2.05) is 6.92 Å². The molecule has 0 aliphatic heterocycles. The smallest absolute Gasteiger partial charge is 0.281 e. The molecule has 0 aliphatic rings. The van der Waals surface area contributed by atoms with Crippen molar-refractivity contribution in [3.8, 4) is 11.3 Å². The van der Waals surface area contributed by atoms with E-state index in [4.69, 9.17) is 16.0 Å². The Bertz CT molecular complexity index is 642. The molecule has 1 aromatic carbocycles. The van der Waals surface area contributed by atoms with Gasteiger partial charge in [-0.25, -0.2) is 4.98 Å². The van der Waals surface area contributed by atoms with E-state index in [1.54, 1.807) is 6.07 Å². The Morgan fingerprint density at radius 2 is 2.29 bits per heavy atom. The molecule has 1 N–H and O–H groups in total. The minimum Gasteiger partial charge on any atom is -0.439 e. The summed E-state index contributed by atoms with van der Waals surface area (Å²) in [5.41, 5.74) is 0.157. The van der Waals surface area contributed by atoms with E-state index in [0.29, 0.717) is 11.7 Å². The molecule has 0 amide bonds. The molecule has 0 saturated carbocycles. The first-order valence-electron chi connectivity index (χ1n) is 6.67. The van der Waals surface area contributed by atoms with Gasteiger partial charge in [0.2, 0.25) is 5.89 Å². The van der Waals surface area contributed by atoms with Gasteiger partial charge in [0.15, 0.2) is 5.76 Å². The number of rotatable bonds is 6. The molecule has 0 radical (unpaired) electrons. The number of oxazole rings is 1. The number of halogens is 1. The van der Waals surface area contributed by atoms with Gasteiger partial charge >= 0.3 is 0 Å². The van der Waals surface area contributed by atoms with Crippen LogP contribution in [0.1, 0.15) is 32.2 Å². The highest BCUT2D eigenvalue weighted by molar-refractivity contribution is 6.33. The van der Waals surface area contributed by atoms with E-state index in [-0.39, 0.29) is 22.3 Å². The Morgan fingerprint density at radius 3 is 2.95 bits per heavy atom. The second kappa shape index (κ2) is 6.69. The molecule has 1 heterocycles. The summed E-state index contributed by atoms with van der Waals surface area (Å²) in [7, 11) is 0. The van der Waals surface area contributed by atoms with Crippen molar-refractivity contribution in [3.63, 3.8) is 0 Å². The first-order valence-corrected chi connectivity index (χ1v) is 7.04. The van der Waals surface area contributed by atoms with Crippen LogP contribution in [0.5, 0.6) is 0 Å². The summed E-state index contributed by atoms with van der Waals surface area (Å²) in [6, 6.07) is 4.44. The summed E-state index contributed by atoms with van der Waals surface area (Å²) in [4.78, 5) is 14.8. The third-order valence-electron chi connectivity index (χ3n) is 3.03. The summed E-state index contributed by atoms with van der Waals surface area (Å²) in [5, 5.41) is 14.6. The molecule has 0 fully saturated rings. The molecule has 0 spiro atoms. The monoisotopic (exact) mass is 309 g/mol. The van der Waals surface area contributed by atoms with E-state index < -0.39 is 4.92 Å². The lowest BCUT2D eigenvalue weighted by Crippen LogP contribution is -2.19. The van der Waals surface area contributed by atoms with Crippen molar-refractivity contribution >= 4 is 17.3 Å². The topological polar surface area (TPSA) is 81.2 Å². The summed E-state index contributed by atoms with van der Waals surface area (Å²) < 4.78 is 5.64. The zero-order valence-corrected chi connectivity index (χ0v) is 12.6. The van der Waals surface area contributed by atoms with Crippen LogP contribution in [0.2, 0.25) is 5.02 Å². The molecule has 0 bridgehead atoms. The van der Waals surface area contributed by atoms with Gasteiger partial charge in [0.25, 0.3) is 5.69 Å². The third kappa shape index (κ3) is 3.40. The summed E-state index contributed by atoms with van der Waals surface area (Å²) in [5.74, 6) is 0.778. The van der Waals surface area contributed by atoms with Crippen LogP contribution in [0, 0.1) is 10.1 Å². The normalized spacial score (nSPS) is 12.3. The molecule has 7 heteroatoms. The molecule has 2 rings (SSSR count). The largest absolute Gasteiger partial charge is 0.439 e. The lowest BCUT2D eigenvalue weighted by Gasteiger charge is -2.08. The van der Waals surface area contributed by atoms with E-state index in [1.165, 1.54) is 18.3 Å². The number of nitro benzene ring substituents is 1. The first-order chi connectivity index (χ1) is 10.0. The maximum atomic E-state index is 11.1. The highest BCUT2D eigenvalue weighted by atomic mass is 35.5. The zero-order chi connectivity index (χ0) is 15.4. The molecule has 2 aromatic rings. The molecule has 1 unspecified atom stereocenters. The van der Waals surface area contributed by atoms with Crippen LogP contribution in [0.15, 0.2) is 28.8 Å². The third-order valence-corrected chi connectivity index (χ3v) is 3.34. The van der Waals surface area contributed by atoms with Gasteiger partial charge in [0, 0.05) is 6.07 Å². The molecule has 1 atom stereocenters. The van der Waals surface area contributed by atoms with Crippen LogP contribution in [-0.4, -0.2) is 16.5 Å². The van der Waals surface area contributed by atoms with Crippen molar-refractivity contribution < 1.29 is 9.34 Å². The van der Waals surface area contributed by atoms with E-state index in [0.717, 1.165) is 13.0 Å². The van der Waals surface area contributed by atoms with Gasteiger partial charge in [-0.1, -0.05) is 24.6 Å². The van der Waals surface area contributed by atoms with Crippen molar-refractivity contribution in [2.45, 2.75) is 26.3 Å². The van der Waals surface area contributed by atoms with Crippen molar-refractivity contribution in [2.24, 2.45) is 0 Å². The van der Waals surface area contributed by atoms with Crippen molar-refractivity contribution in [1.82, 2.24) is 10.3 Å². The summed E-state index contributed by atoms with van der Waals surface area (Å²) >= 11 is 6.07. The van der Waals surface area contributed by atoms with Crippen LogP contribution in [-0.2, 0) is 0 Å². The number of aromatic nitrogens is 1. The Hall–Kier alpha value is -1.92. The summed E-state index contributed by atoms with van der Waals surface area (Å²) in [6.45, 7) is 4.82. The second-order valence-corrected chi connectivity index (χ2v) is 5.04. The number of nitro groups is 1. The lowest BCUT2D eigenvalue weighted by atomic mass is 10.1. The average molecular weight is 310 g/mol. The Kier molecular flexibility index (Phi) is 4.93. The van der Waals surface area contributed by atoms with E-state index in [2.05, 4.69) is 17.2 Å². The molecule has 6 nitrogen and oxygen atoms in total. The number of nitrogens with one attached hydrogen (secondary N) is 1. The molecular formula is C14H16ClN3O3. The van der Waals surface area contributed by atoms with Crippen LogP contribution in [0.4, 0.5) is 5.69 Å². The van der Waals surface area contributed by atoms with Gasteiger partial charge in [-0.2, -0.15) is 0 Å². The maximum absolute atomic E-state index is 11.1.